The molecule has 2 rings (SSSR count). The molecule has 0 radical (unpaired) electrons. The molecule has 0 saturated heterocycles. The van der Waals surface area contributed by atoms with Crippen molar-refractivity contribution >= 4 is 5.69 Å². The van der Waals surface area contributed by atoms with Crippen LogP contribution in [0.3, 0.4) is 0 Å². The van der Waals surface area contributed by atoms with Crippen molar-refractivity contribution in [2.45, 2.75) is 26.8 Å². The van der Waals surface area contributed by atoms with Crippen molar-refractivity contribution in [2.75, 3.05) is 5.73 Å². The van der Waals surface area contributed by atoms with Gasteiger partial charge >= 0.3 is 0 Å². The van der Waals surface area contributed by atoms with Crippen molar-refractivity contribution in [2.24, 2.45) is 0 Å². The van der Waals surface area contributed by atoms with Crippen molar-refractivity contribution in [1.29, 1.82) is 0 Å². The lowest BCUT2D eigenvalue weighted by molar-refractivity contribution is 0.534. The summed E-state index contributed by atoms with van der Waals surface area (Å²) in [5.74, 6) is 0. The van der Waals surface area contributed by atoms with E-state index in [9.17, 15) is 0 Å². The highest BCUT2D eigenvalue weighted by Gasteiger charge is 2.09. The summed E-state index contributed by atoms with van der Waals surface area (Å²) in [6.07, 6.45) is 1.89. The number of nitrogens with two attached hydrogens (primary N) is 1. The monoisotopic (exact) mass is 215 g/mol. The Bertz CT molecular complexity index is 498. The second-order valence-electron chi connectivity index (χ2n) is 4.38. The Morgan fingerprint density at radius 1 is 1.31 bits per heavy atom. The first-order valence-electron chi connectivity index (χ1n) is 5.49. The van der Waals surface area contributed by atoms with Crippen LogP contribution in [-0.2, 0) is 0 Å². The van der Waals surface area contributed by atoms with Gasteiger partial charge in [-0.05, 0) is 26.8 Å². The maximum atomic E-state index is 5.98. The molecule has 0 aliphatic rings. The quantitative estimate of drug-likeness (QED) is 0.836. The maximum absolute atomic E-state index is 5.98. The number of hydrogen-bond donors (Lipinski definition) is 1. The summed E-state index contributed by atoms with van der Waals surface area (Å²) in [7, 11) is 0. The van der Waals surface area contributed by atoms with Gasteiger partial charge in [0.15, 0.2) is 0 Å². The predicted molar refractivity (Wildman–Crippen MR) is 67.2 cm³/mol. The Morgan fingerprint density at radius 2 is 2.06 bits per heavy atom. The van der Waals surface area contributed by atoms with Crippen LogP contribution < -0.4 is 5.73 Å². The van der Waals surface area contributed by atoms with Gasteiger partial charge in [0.2, 0.25) is 0 Å². The van der Waals surface area contributed by atoms with Gasteiger partial charge < -0.3 is 5.73 Å². The molecule has 0 spiro atoms. The fourth-order valence-corrected chi connectivity index (χ4v) is 1.69. The molecular weight excluding hydrogens is 198 g/mol. The number of rotatable bonds is 2. The molecule has 3 nitrogen and oxygen atoms in total. The first-order valence-corrected chi connectivity index (χ1v) is 5.49. The normalized spacial score (nSPS) is 11.0. The van der Waals surface area contributed by atoms with E-state index in [0.29, 0.717) is 6.04 Å². The molecule has 2 N–H and O–H groups in total. The third-order valence-electron chi connectivity index (χ3n) is 2.58. The van der Waals surface area contributed by atoms with Crippen LogP contribution in [0.1, 0.15) is 25.5 Å². The molecular formula is C13H17N3. The number of benzene rings is 1. The van der Waals surface area contributed by atoms with Crippen LogP contribution in [0.15, 0.2) is 30.5 Å². The molecule has 1 heterocycles. The molecule has 0 fully saturated rings. The molecule has 0 amide bonds. The Kier molecular flexibility index (Phi) is 2.69. The van der Waals surface area contributed by atoms with E-state index < -0.39 is 0 Å². The molecule has 84 valence electrons. The summed E-state index contributed by atoms with van der Waals surface area (Å²) in [6, 6.07) is 8.57. The standard InChI is InChI=1S/C13H17N3/c1-9(2)16-8-12(14)13(15-16)11-6-4-5-10(3)7-11/h4-9H,14H2,1-3H3. The first kappa shape index (κ1) is 10.7. The van der Waals surface area contributed by atoms with Crippen molar-refractivity contribution < 1.29 is 0 Å². The van der Waals surface area contributed by atoms with Crippen molar-refractivity contribution in [3.05, 3.63) is 36.0 Å². The van der Waals surface area contributed by atoms with Crippen LogP contribution >= 0.6 is 0 Å². The highest BCUT2D eigenvalue weighted by Crippen LogP contribution is 2.25. The smallest absolute Gasteiger partial charge is 0.115 e. The van der Waals surface area contributed by atoms with E-state index >= 15 is 0 Å². The van der Waals surface area contributed by atoms with Crippen molar-refractivity contribution in [3.8, 4) is 11.3 Å². The van der Waals surface area contributed by atoms with Gasteiger partial charge in [-0.15, -0.1) is 0 Å². The van der Waals surface area contributed by atoms with Crippen LogP contribution in [0.5, 0.6) is 0 Å². The van der Waals surface area contributed by atoms with E-state index in [1.54, 1.807) is 0 Å². The summed E-state index contributed by atoms with van der Waals surface area (Å²) in [5.41, 5.74) is 9.88. The summed E-state index contributed by atoms with van der Waals surface area (Å²) in [4.78, 5) is 0. The van der Waals surface area contributed by atoms with Gasteiger partial charge in [0.1, 0.15) is 5.69 Å². The minimum Gasteiger partial charge on any atom is -0.396 e. The zero-order chi connectivity index (χ0) is 11.7. The summed E-state index contributed by atoms with van der Waals surface area (Å²) < 4.78 is 1.90. The Hall–Kier alpha value is -1.77. The van der Waals surface area contributed by atoms with E-state index in [4.69, 9.17) is 5.73 Å². The molecule has 0 aliphatic heterocycles. The van der Waals surface area contributed by atoms with E-state index in [1.807, 2.05) is 23.0 Å². The maximum Gasteiger partial charge on any atom is 0.115 e. The number of anilines is 1. The first-order chi connectivity index (χ1) is 7.58. The van der Waals surface area contributed by atoms with Crippen molar-refractivity contribution in [1.82, 2.24) is 9.78 Å². The average Bonchev–Trinajstić information content (AvgIpc) is 2.60. The molecule has 0 bridgehead atoms. The summed E-state index contributed by atoms with van der Waals surface area (Å²) in [6.45, 7) is 6.25. The van der Waals surface area contributed by atoms with Gasteiger partial charge in [-0.3, -0.25) is 4.68 Å². The lowest BCUT2D eigenvalue weighted by Crippen LogP contribution is -2.00. The van der Waals surface area contributed by atoms with Crippen molar-refractivity contribution in [3.63, 3.8) is 0 Å². The zero-order valence-electron chi connectivity index (χ0n) is 9.94. The van der Waals surface area contributed by atoms with Gasteiger partial charge in [-0.1, -0.05) is 23.8 Å². The Balaban J connectivity index is 2.48. The number of nitrogen functional groups attached to an aromatic ring is 1. The SMILES string of the molecule is Cc1cccc(-c2nn(C(C)C)cc2N)c1. The van der Waals surface area contributed by atoms with Crippen LogP contribution in [0.2, 0.25) is 0 Å². The number of aromatic nitrogens is 2. The van der Waals surface area contributed by atoms with Crippen LogP contribution in [0, 0.1) is 6.92 Å². The van der Waals surface area contributed by atoms with E-state index in [0.717, 1.165) is 16.9 Å². The van der Waals surface area contributed by atoms with Gasteiger partial charge in [0.25, 0.3) is 0 Å². The number of hydrogen-bond acceptors (Lipinski definition) is 2. The zero-order valence-corrected chi connectivity index (χ0v) is 9.94. The minimum absolute atomic E-state index is 0.334. The molecule has 16 heavy (non-hydrogen) atoms. The molecule has 0 atom stereocenters. The molecule has 0 aliphatic carbocycles. The lowest BCUT2D eigenvalue weighted by atomic mass is 10.1. The molecule has 0 saturated carbocycles. The van der Waals surface area contributed by atoms with Crippen LogP contribution in [-0.4, -0.2) is 9.78 Å². The average molecular weight is 215 g/mol. The highest BCUT2D eigenvalue weighted by atomic mass is 15.3. The Morgan fingerprint density at radius 3 is 2.62 bits per heavy atom. The van der Waals surface area contributed by atoms with Crippen LogP contribution in [0.4, 0.5) is 5.69 Å². The summed E-state index contributed by atoms with van der Waals surface area (Å²) >= 11 is 0. The topological polar surface area (TPSA) is 43.8 Å². The van der Waals surface area contributed by atoms with Gasteiger partial charge in [0, 0.05) is 17.8 Å². The molecule has 1 aromatic carbocycles. The predicted octanol–water partition coefficient (Wildman–Crippen LogP) is 3.02. The second kappa shape index (κ2) is 4.00. The fraction of sp³-hybridized carbons (Fsp3) is 0.308. The third kappa shape index (κ3) is 1.94. The molecule has 3 heteroatoms. The van der Waals surface area contributed by atoms with Crippen LogP contribution in [0.25, 0.3) is 11.3 Å². The second-order valence-corrected chi connectivity index (χ2v) is 4.38. The van der Waals surface area contributed by atoms with Gasteiger partial charge in [0.05, 0.1) is 5.69 Å². The fourth-order valence-electron chi connectivity index (χ4n) is 1.69. The van der Waals surface area contributed by atoms with E-state index in [-0.39, 0.29) is 0 Å². The molecule has 1 aromatic heterocycles. The number of nitrogens with zero attached hydrogens (tertiary/aromatic N) is 2. The van der Waals surface area contributed by atoms with Gasteiger partial charge in [-0.25, -0.2) is 0 Å². The number of aryl methyl sites for hydroxylation is 1. The molecule has 0 unspecified atom stereocenters. The summed E-state index contributed by atoms with van der Waals surface area (Å²) in [5, 5.41) is 4.51. The van der Waals surface area contributed by atoms with Gasteiger partial charge in [-0.2, -0.15) is 5.10 Å². The molecule has 2 aromatic rings. The minimum atomic E-state index is 0.334. The van der Waals surface area contributed by atoms with E-state index in [2.05, 4.69) is 38.0 Å². The Labute approximate surface area is 95.9 Å². The lowest BCUT2D eigenvalue weighted by Gasteiger charge is -2.03. The largest absolute Gasteiger partial charge is 0.396 e. The van der Waals surface area contributed by atoms with E-state index in [1.165, 1.54) is 5.56 Å². The highest BCUT2D eigenvalue weighted by molar-refractivity contribution is 5.72. The third-order valence-corrected chi connectivity index (χ3v) is 2.58.